The first-order chi connectivity index (χ1) is 24.7. The Kier molecular flexibility index (Phi) is 13.9. The second kappa shape index (κ2) is 17.4. The predicted octanol–water partition coefficient (Wildman–Crippen LogP) is 3.14. The zero-order chi connectivity index (χ0) is 39.2. The molecule has 1 fully saturated rings. The molecule has 1 aliphatic heterocycles. The SMILES string of the molecule is Cc1cn([C@H]2CC[C@@H](CO[P+]([O-])(O[NH3+])O[P+]([O-])(OCc3ccc(OC(=O)C(C)(C)C)cc3)OCc3ccc(OC(=[O+])C(C)(C)C)cc3)O2)c(=O)[nH]c1=O. The van der Waals surface area contributed by atoms with Crippen molar-refractivity contribution in [3.63, 3.8) is 0 Å². The number of aryl methyl sites for hydroxylation is 1. The third-order valence-corrected chi connectivity index (χ3v) is 10.9. The Bertz CT molecular complexity index is 1760. The van der Waals surface area contributed by atoms with Gasteiger partial charge in [-0.1, -0.05) is 24.3 Å². The molecule has 19 heteroatoms. The Morgan fingerprint density at radius 3 is 1.94 bits per heavy atom. The van der Waals surface area contributed by atoms with Crippen LogP contribution in [0.2, 0.25) is 0 Å². The number of rotatable bonds is 15. The van der Waals surface area contributed by atoms with E-state index in [-0.39, 0.29) is 31.3 Å². The summed E-state index contributed by atoms with van der Waals surface area (Å²) in [6.07, 6.45) is 0.661. The first-order valence-corrected chi connectivity index (χ1v) is 19.5. The summed E-state index contributed by atoms with van der Waals surface area (Å²) >= 11 is 0. The van der Waals surface area contributed by atoms with E-state index in [4.69, 9.17) is 36.7 Å². The van der Waals surface area contributed by atoms with Crippen molar-refractivity contribution < 1.29 is 62.0 Å². The van der Waals surface area contributed by atoms with Gasteiger partial charge in [0.05, 0.1) is 11.5 Å². The number of nitrogens with zero attached hydrogens (tertiary/aromatic N) is 1. The molecule has 1 radical (unpaired) electrons. The van der Waals surface area contributed by atoms with Gasteiger partial charge in [0.2, 0.25) is 5.75 Å². The highest BCUT2D eigenvalue weighted by atomic mass is 31.3. The minimum Gasteiger partial charge on any atom is -0.602 e. The van der Waals surface area contributed by atoms with Gasteiger partial charge in [-0.2, -0.15) is 19.5 Å². The molecule has 1 aliphatic rings. The van der Waals surface area contributed by atoms with Crippen molar-refractivity contribution in [2.24, 2.45) is 10.8 Å². The van der Waals surface area contributed by atoms with E-state index in [1.165, 1.54) is 35.0 Å². The minimum atomic E-state index is -4.78. The smallest absolute Gasteiger partial charge is 0.585 e. The van der Waals surface area contributed by atoms with Crippen molar-refractivity contribution in [2.45, 2.75) is 86.9 Å². The van der Waals surface area contributed by atoms with Crippen molar-refractivity contribution in [3.8, 4) is 11.5 Å². The highest BCUT2D eigenvalue weighted by Gasteiger charge is 2.54. The van der Waals surface area contributed by atoms with Crippen LogP contribution in [-0.2, 0) is 50.0 Å². The zero-order valence-corrected chi connectivity index (χ0v) is 32.4. The van der Waals surface area contributed by atoms with Crippen molar-refractivity contribution in [1.82, 2.24) is 9.55 Å². The summed E-state index contributed by atoms with van der Waals surface area (Å²) in [6.45, 7) is 10.7. The monoisotopic (exact) mass is 782 g/mol. The van der Waals surface area contributed by atoms with Gasteiger partial charge >= 0.3 is 34.0 Å². The number of carbonyl (C=O) groups is 2. The Morgan fingerprint density at radius 2 is 1.43 bits per heavy atom. The Morgan fingerprint density at radius 1 is 0.887 bits per heavy atom. The predicted molar refractivity (Wildman–Crippen MR) is 187 cm³/mol. The van der Waals surface area contributed by atoms with E-state index in [0.717, 1.165) is 0 Å². The van der Waals surface area contributed by atoms with Crippen LogP contribution in [0.15, 0.2) is 64.3 Å². The maximum absolute atomic E-state index is 14.0. The molecule has 4 rings (SSSR count). The molecule has 1 unspecified atom stereocenters. The van der Waals surface area contributed by atoms with Crippen molar-refractivity contribution >= 4 is 28.3 Å². The van der Waals surface area contributed by atoms with E-state index in [2.05, 4.69) is 10.9 Å². The van der Waals surface area contributed by atoms with Crippen molar-refractivity contribution in [1.29, 1.82) is 0 Å². The number of phosphoric acid groups is 2. The van der Waals surface area contributed by atoms with Crippen LogP contribution < -0.4 is 36.4 Å². The molecule has 0 aliphatic carbocycles. The number of hydrogen-bond acceptors (Lipinski definition) is 14. The van der Waals surface area contributed by atoms with Crippen LogP contribution in [0, 0.1) is 17.8 Å². The number of carbonyl (C=O) groups excluding carboxylic acids is 2. The first-order valence-electron chi connectivity index (χ1n) is 16.6. The largest absolute Gasteiger partial charge is 0.602 e. The summed E-state index contributed by atoms with van der Waals surface area (Å²) in [5, 5.41) is 0. The second-order valence-corrected chi connectivity index (χ2v) is 17.8. The van der Waals surface area contributed by atoms with E-state index in [1.54, 1.807) is 72.7 Å². The first kappa shape index (κ1) is 42.3. The summed E-state index contributed by atoms with van der Waals surface area (Å²) < 4.78 is 44.6. The molecular formula is C34H46N3O14P2+2. The summed E-state index contributed by atoms with van der Waals surface area (Å²) in [4.78, 5) is 78.5. The molecule has 0 amide bonds. The minimum absolute atomic E-state index is 0.279. The van der Waals surface area contributed by atoms with E-state index in [1.807, 2.05) is 0 Å². The molecule has 1 aromatic heterocycles. The molecule has 3 atom stereocenters. The molecule has 0 bridgehead atoms. The average molecular weight is 783 g/mol. The van der Waals surface area contributed by atoms with Gasteiger partial charge in [-0.15, -0.1) is 0 Å². The molecule has 3 aromatic rings. The third-order valence-electron chi connectivity index (χ3n) is 7.59. The van der Waals surface area contributed by atoms with Gasteiger partial charge in [0.25, 0.3) is 5.56 Å². The summed E-state index contributed by atoms with van der Waals surface area (Å²) in [7, 11) is -9.53. The molecule has 2 aromatic carbocycles. The summed E-state index contributed by atoms with van der Waals surface area (Å²) in [5.41, 5.74) is -1.38. The fraction of sp³-hybridized carbons (Fsp3) is 0.471. The van der Waals surface area contributed by atoms with Crippen LogP contribution in [0.4, 0.5) is 0 Å². The molecule has 0 spiro atoms. The molecule has 53 heavy (non-hydrogen) atoms. The van der Waals surface area contributed by atoms with Crippen LogP contribution in [0.5, 0.6) is 11.5 Å². The van der Waals surface area contributed by atoms with Gasteiger partial charge in [-0.05, 0) is 84.6 Å². The van der Waals surface area contributed by atoms with Crippen LogP contribution in [0.1, 0.15) is 77.3 Å². The number of aromatic amines is 1. The molecule has 17 nitrogen and oxygen atoms in total. The lowest BCUT2D eigenvalue weighted by molar-refractivity contribution is -0.655. The van der Waals surface area contributed by atoms with E-state index >= 15 is 0 Å². The fourth-order valence-corrected chi connectivity index (χ4v) is 7.26. The Labute approximate surface area is 307 Å². The van der Waals surface area contributed by atoms with E-state index in [9.17, 15) is 29.0 Å². The van der Waals surface area contributed by atoms with Crippen molar-refractivity contribution in [3.05, 3.63) is 92.3 Å². The molecule has 4 N–H and O–H groups in total. The highest BCUT2D eigenvalue weighted by Crippen LogP contribution is 2.70. The molecule has 289 valence electrons. The van der Waals surface area contributed by atoms with Crippen LogP contribution in [-0.4, -0.2) is 34.2 Å². The highest BCUT2D eigenvalue weighted by molar-refractivity contribution is 7.67. The van der Waals surface area contributed by atoms with Gasteiger partial charge in [-0.3, -0.25) is 23.9 Å². The topological polar surface area (TPSA) is 239 Å². The maximum atomic E-state index is 14.0. The molecule has 1 saturated heterocycles. The van der Waals surface area contributed by atoms with Crippen LogP contribution in [0.25, 0.3) is 0 Å². The lowest BCUT2D eigenvalue weighted by Gasteiger charge is -2.28. The fourth-order valence-electron chi connectivity index (χ4n) is 4.41. The number of esters is 2. The zero-order valence-electron chi connectivity index (χ0n) is 30.7. The number of quaternary nitrogens is 1. The lowest BCUT2D eigenvalue weighted by Crippen LogP contribution is -2.51. The Balaban J connectivity index is 1.45. The number of nitrogens with one attached hydrogen (secondary N) is 1. The van der Waals surface area contributed by atoms with Crippen LogP contribution >= 0.6 is 16.3 Å². The molecule has 0 saturated carbocycles. The number of H-pyrrole nitrogens is 1. The number of hydrogen-bond donors (Lipinski definition) is 2. The van der Waals surface area contributed by atoms with Gasteiger partial charge in [-0.25, -0.2) is 4.79 Å². The third kappa shape index (κ3) is 12.3. The number of aromatic nitrogens is 2. The summed E-state index contributed by atoms with van der Waals surface area (Å²) in [5.74, 6) is 2.86. The van der Waals surface area contributed by atoms with Gasteiger partial charge in [0, 0.05) is 37.6 Å². The van der Waals surface area contributed by atoms with Crippen molar-refractivity contribution in [2.75, 3.05) is 6.61 Å². The lowest BCUT2D eigenvalue weighted by atomic mass is 9.97. The maximum Gasteiger partial charge on any atom is 0.585 e. The molecule has 2 heterocycles. The standard InChI is InChI=1S/C34H45N3O14P2/c1-22-18-37(32(41)36-29(22)38)28-17-16-27(47-28)21-46-53(43,50-35)51-52(42,44-19-23-8-12-25(13-9-23)48-30(39)33(2,3)4)45-20-24-10-14-26(15-11-24)49-31(40)34(5,6)7/h8-15,18,27-28H,16-17,19-21H2,1-7,35H3/q+1/p+1/t27-,28+,53?/m0/s1. The second-order valence-electron chi connectivity index (χ2n) is 14.3. The number of phosphoric ester groups is 1. The van der Waals surface area contributed by atoms with Gasteiger partial charge in [0.1, 0.15) is 37.2 Å². The van der Waals surface area contributed by atoms with Crippen LogP contribution in [0.3, 0.4) is 0 Å². The van der Waals surface area contributed by atoms with E-state index < -0.39 is 62.7 Å². The quantitative estimate of drug-likeness (QED) is 0.0741. The normalized spacial score (nSPS) is 18.6. The van der Waals surface area contributed by atoms with Gasteiger partial charge < -0.3 is 19.3 Å². The van der Waals surface area contributed by atoms with Gasteiger partial charge in [0.15, 0.2) is 0 Å². The summed E-state index contributed by atoms with van der Waals surface area (Å²) in [6, 6.07) is 12.3. The number of ether oxygens (including phenoxy) is 3. The number of benzene rings is 2. The van der Waals surface area contributed by atoms with E-state index in [0.29, 0.717) is 29.5 Å². The average Bonchev–Trinajstić information content (AvgIpc) is 3.56. The Hall–Kier alpha value is -3.44. The molecular weight excluding hydrogens is 736 g/mol.